The van der Waals surface area contributed by atoms with Crippen LogP contribution >= 0.6 is 0 Å². The Bertz CT molecular complexity index is 923. The van der Waals surface area contributed by atoms with Gasteiger partial charge in [-0.2, -0.15) is 0 Å². The average Bonchev–Trinajstić information content (AvgIpc) is 3.15. The van der Waals surface area contributed by atoms with Crippen molar-refractivity contribution in [2.75, 3.05) is 25.6 Å². The van der Waals surface area contributed by atoms with E-state index in [4.69, 9.17) is 4.74 Å². The first-order chi connectivity index (χ1) is 13.1. The predicted molar refractivity (Wildman–Crippen MR) is 110 cm³/mol. The lowest BCUT2D eigenvalue weighted by Gasteiger charge is -2.13. The molecule has 0 radical (unpaired) electrons. The van der Waals surface area contributed by atoms with Crippen LogP contribution in [-0.4, -0.2) is 37.5 Å². The SMILES string of the molecule is CCOC(=O)c1ccc(N=Cc2cccn2-c2ccc(N(C)C)cc2)cc1. The first kappa shape index (κ1) is 18.5. The van der Waals surface area contributed by atoms with E-state index in [-0.39, 0.29) is 5.97 Å². The number of carbonyl (C=O) groups excluding carboxylic acids is 1. The first-order valence-corrected chi connectivity index (χ1v) is 8.85. The molecule has 5 nitrogen and oxygen atoms in total. The van der Waals surface area contributed by atoms with Gasteiger partial charge in [-0.3, -0.25) is 4.99 Å². The molecule has 3 aromatic rings. The van der Waals surface area contributed by atoms with E-state index in [9.17, 15) is 4.79 Å². The fourth-order valence-electron chi connectivity index (χ4n) is 2.68. The third kappa shape index (κ3) is 4.44. The Morgan fingerprint density at radius 1 is 1.07 bits per heavy atom. The summed E-state index contributed by atoms with van der Waals surface area (Å²) in [4.78, 5) is 18.3. The number of benzene rings is 2. The van der Waals surface area contributed by atoms with Crippen molar-refractivity contribution in [1.82, 2.24) is 4.57 Å². The number of carbonyl (C=O) groups is 1. The summed E-state index contributed by atoms with van der Waals surface area (Å²) in [6.45, 7) is 2.16. The summed E-state index contributed by atoms with van der Waals surface area (Å²) in [5.74, 6) is -0.317. The van der Waals surface area contributed by atoms with E-state index < -0.39 is 0 Å². The van der Waals surface area contributed by atoms with E-state index in [1.54, 1.807) is 19.1 Å². The molecule has 1 aromatic heterocycles. The molecule has 0 N–H and O–H groups in total. The number of nitrogens with zero attached hydrogens (tertiary/aromatic N) is 3. The normalized spacial score (nSPS) is 10.9. The summed E-state index contributed by atoms with van der Waals surface area (Å²) in [5.41, 5.74) is 4.51. The molecule has 0 saturated heterocycles. The molecular formula is C22H23N3O2. The number of ether oxygens (including phenoxy) is 1. The lowest BCUT2D eigenvalue weighted by molar-refractivity contribution is 0.0526. The molecule has 0 aliphatic carbocycles. The molecule has 0 spiro atoms. The lowest BCUT2D eigenvalue weighted by Crippen LogP contribution is -2.08. The van der Waals surface area contributed by atoms with Gasteiger partial charge in [0.25, 0.3) is 0 Å². The second kappa shape index (κ2) is 8.36. The first-order valence-electron chi connectivity index (χ1n) is 8.85. The van der Waals surface area contributed by atoms with Crippen LogP contribution in [0, 0.1) is 0 Å². The van der Waals surface area contributed by atoms with Crippen LogP contribution in [0.15, 0.2) is 71.9 Å². The van der Waals surface area contributed by atoms with Crippen molar-refractivity contribution in [2.24, 2.45) is 4.99 Å². The third-order valence-corrected chi connectivity index (χ3v) is 4.15. The summed E-state index contributed by atoms with van der Waals surface area (Å²) in [5, 5.41) is 0. The molecule has 138 valence electrons. The minimum absolute atomic E-state index is 0.317. The molecule has 0 unspecified atom stereocenters. The monoisotopic (exact) mass is 361 g/mol. The smallest absolute Gasteiger partial charge is 0.338 e. The summed E-state index contributed by atoms with van der Waals surface area (Å²) in [6.07, 6.45) is 3.83. The van der Waals surface area contributed by atoms with Crippen LogP contribution in [0.5, 0.6) is 0 Å². The molecule has 5 heteroatoms. The molecule has 0 aliphatic rings. The maximum atomic E-state index is 11.7. The highest BCUT2D eigenvalue weighted by atomic mass is 16.5. The van der Waals surface area contributed by atoms with Crippen LogP contribution in [0.1, 0.15) is 23.0 Å². The summed E-state index contributed by atoms with van der Waals surface area (Å²) in [6, 6.07) is 19.4. The highest BCUT2D eigenvalue weighted by molar-refractivity contribution is 5.90. The molecule has 2 aromatic carbocycles. The number of rotatable bonds is 6. The van der Waals surface area contributed by atoms with Crippen molar-refractivity contribution in [3.05, 3.63) is 78.1 Å². The minimum atomic E-state index is -0.317. The third-order valence-electron chi connectivity index (χ3n) is 4.15. The van der Waals surface area contributed by atoms with E-state index >= 15 is 0 Å². The Morgan fingerprint density at radius 2 is 1.78 bits per heavy atom. The Labute approximate surface area is 159 Å². The summed E-state index contributed by atoms with van der Waals surface area (Å²) < 4.78 is 7.07. The zero-order chi connectivity index (χ0) is 19.2. The average molecular weight is 361 g/mol. The van der Waals surface area contributed by atoms with Crippen molar-refractivity contribution < 1.29 is 9.53 Å². The molecule has 0 fully saturated rings. The molecule has 3 rings (SSSR count). The van der Waals surface area contributed by atoms with Gasteiger partial charge in [0.2, 0.25) is 0 Å². The Hall–Kier alpha value is -3.34. The van der Waals surface area contributed by atoms with Gasteiger partial charge >= 0.3 is 5.97 Å². The molecule has 0 aliphatic heterocycles. The topological polar surface area (TPSA) is 46.8 Å². The second-order valence-corrected chi connectivity index (χ2v) is 6.24. The Balaban J connectivity index is 1.77. The Kier molecular flexibility index (Phi) is 5.71. The largest absolute Gasteiger partial charge is 0.462 e. The van der Waals surface area contributed by atoms with Gasteiger partial charge in [-0.05, 0) is 67.6 Å². The number of aromatic nitrogens is 1. The van der Waals surface area contributed by atoms with Crippen molar-refractivity contribution in [1.29, 1.82) is 0 Å². The second-order valence-electron chi connectivity index (χ2n) is 6.24. The fourth-order valence-corrected chi connectivity index (χ4v) is 2.68. The van der Waals surface area contributed by atoms with Crippen molar-refractivity contribution in [3.63, 3.8) is 0 Å². The zero-order valence-electron chi connectivity index (χ0n) is 15.8. The molecule has 1 heterocycles. The summed E-state index contributed by atoms with van der Waals surface area (Å²) >= 11 is 0. The van der Waals surface area contributed by atoms with Gasteiger partial charge in [0.15, 0.2) is 0 Å². The van der Waals surface area contributed by atoms with Gasteiger partial charge in [-0.1, -0.05) is 0 Å². The maximum absolute atomic E-state index is 11.7. The molecular weight excluding hydrogens is 338 g/mol. The maximum Gasteiger partial charge on any atom is 0.338 e. The predicted octanol–water partition coefficient (Wildman–Crippen LogP) is 4.47. The highest BCUT2D eigenvalue weighted by Crippen LogP contribution is 2.18. The molecule has 0 saturated carbocycles. The van der Waals surface area contributed by atoms with Gasteiger partial charge < -0.3 is 14.2 Å². The minimum Gasteiger partial charge on any atom is -0.462 e. The molecule has 27 heavy (non-hydrogen) atoms. The van der Waals surface area contributed by atoms with Gasteiger partial charge in [-0.15, -0.1) is 0 Å². The zero-order valence-corrected chi connectivity index (χ0v) is 15.8. The van der Waals surface area contributed by atoms with Crippen LogP contribution in [0.4, 0.5) is 11.4 Å². The van der Waals surface area contributed by atoms with Gasteiger partial charge in [0.05, 0.1) is 29.8 Å². The molecule has 0 bridgehead atoms. The van der Waals surface area contributed by atoms with E-state index in [0.717, 1.165) is 22.8 Å². The van der Waals surface area contributed by atoms with E-state index in [0.29, 0.717) is 12.2 Å². The molecule has 0 amide bonds. The number of hydrogen-bond donors (Lipinski definition) is 0. The van der Waals surface area contributed by atoms with Crippen molar-refractivity contribution in [3.8, 4) is 5.69 Å². The van der Waals surface area contributed by atoms with Crippen molar-refractivity contribution in [2.45, 2.75) is 6.92 Å². The van der Waals surface area contributed by atoms with Crippen LogP contribution in [0.3, 0.4) is 0 Å². The quantitative estimate of drug-likeness (QED) is 0.481. The summed E-state index contributed by atoms with van der Waals surface area (Å²) in [7, 11) is 4.05. The number of aliphatic imine (C=N–C) groups is 1. The van der Waals surface area contributed by atoms with Gasteiger partial charge in [0, 0.05) is 31.7 Å². The van der Waals surface area contributed by atoms with E-state index in [2.05, 4.69) is 38.7 Å². The lowest BCUT2D eigenvalue weighted by atomic mass is 10.2. The fraction of sp³-hybridized carbons (Fsp3) is 0.182. The van der Waals surface area contributed by atoms with Crippen molar-refractivity contribution >= 4 is 23.6 Å². The Morgan fingerprint density at radius 3 is 2.41 bits per heavy atom. The van der Waals surface area contributed by atoms with Gasteiger partial charge in [0.1, 0.15) is 0 Å². The highest BCUT2D eigenvalue weighted by Gasteiger charge is 2.05. The van der Waals surface area contributed by atoms with Crippen LogP contribution in [0.2, 0.25) is 0 Å². The van der Waals surface area contributed by atoms with Crippen LogP contribution < -0.4 is 4.90 Å². The van der Waals surface area contributed by atoms with Gasteiger partial charge in [-0.25, -0.2) is 4.79 Å². The van der Waals surface area contributed by atoms with E-state index in [1.165, 1.54) is 0 Å². The van der Waals surface area contributed by atoms with Crippen LogP contribution in [0.25, 0.3) is 5.69 Å². The van der Waals surface area contributed by atoms with Crippen LogP contribution in [-0.2, 0) is 4.74 Å². The number of hydrogen-bond acceptors (Lipinski definition) is 4. The number of esters is 1. The van der Waals surface area contributed by atoms with E-state index in [1.807, 2.05) is 50.8 Å². The molecule has 0 atom stereocenters. The number of anilines is 1. The standard InChI is InChI=1S/C22H23N3O2/c1-4-27-22(26)17-7-9-18(10-8-17)23-16-21-6-5-15-25(21)20-13-11-19(12-14-20)24(2)3/h5-16H,4H2,1-3H3.